The molecule has 0 aliphatic carbocycles. The van der Waals surface area contributed by atoms with Crippen LogP contribution in [0.15, 0.2) is 0 Å². The van der Waals surface area contributed by atoms with E-state index in [1.807, 2.05) is 0 Å². The third-order valence-corrected chi connectivity index (χ3v) is 4.53. The Morgan fingerprint density at radius 1 is 0.963 bits per heavy atom. The van der Waals surface area contributed by atoms with Crippen molar-refractivity contribution in [3.63, 3.8) is 0 Å². The van der Waals surface area contributed by atoms with Crippen molar-refractivity contribution >= 4 is 0 Å². The van der Waals surface area contributed by atoms with Gasteiger partial charge in [0.15, 0.2) is 6.29 Å². The quantitative estimate of drug-likeness (QED) is 0.193. The van der Waals surface area contributed by atoms with Gasteiger partial charge in [0.05, 0.1) is 25.9 Å². The van der Waals surface area contributed by atoms with Gasteiger partial charge in [-0.05, 0) is 6.92 Å². The van der Waals surface area contributed by atoms with E-state index in [1.165, 1.54) is 6.92 Å². The molecule has 2 aliphatic rings. The Morgan fingerprint density at radius 3 is 2.15 bits per heavy atom. The molecule has 0 amide bonds. The van der Waals surface area contributed by atoms with Crippen LogP contribution in [-0.2, 0) is 18.9 Å². The molecular formula is C15H28O12. The molecule has 0 bridgehead atoms. The van der Waals surface area contributed by atoms with E-state index in [4.69, 9.17) is 18.9 Å². The molecule has 27 heavy (non-hydrogen) atoms. The summed E-state index contributed by atoms with van der Waals surface area (Å²) < 4.78 is 21.1. The van der Waals surface area contributed by atoms with E-state index in [-0.39, 0.29) is 13.2 Å². The zero-order valence-corrected chi connectivity index (χ0v) is 14.7. The molecule has 0 aromatic rings. The van der Waals surface area contributed by atoms with Crippen LogP contribution in [0.4, 0.5) is 0 Å². The fraction of sp³-hybridized carbons (Fsp3) is 1.00. The van der Waals surface area contributed by atoms with Gasteiger partial charge in [-0.3, -0.25) is 0 Å². The minimum absolute atomic E-state index is 0.0659. The highest BCUT2D eigenvalue weighted by Gasteiger charge is 2.58. The maximum absolute atomic E-state index is 10.1. The van der Waals surface area contributed by atoms with E-state index in [1.54, 1.807) is 0 Å². The third-order valence-electron chi connectivity index (χ3n) is 4.53. The molecule has 0 spiro atoms. The summed E-state index contributed by atoms with van der Waals surface area (Å²) in [5, 5.41) is 78.1. The Balaban J connectivity index is 2.10. The minimum Gasteiger partial charge on any atom is -0.394 e. The lowest BCUT2D eigenvalue weighted by atomic mass is 9.99. The SMILES string of the molecule is CC(O)COC[C@H]1O[C@H](O[C@]2(CO)O[C@H](CO)[C@@H](O)[C@@H]2O)[C@H](O)[C@@H](O)[C@@H]1O. The molecule has 2 saturated heterocycles. The second kappa shape index (κ2) is 9.35. The molecule has 0 aromatic heterocycles. The van der Waals surface area contributed by atoms with Gasteiger partial charge >= 0.3 is 0 Å². The Hall–Kier alpha value is -0.480. The highest BCUT2D eigenvalue weighted by atomic mass is 16.8. The van der Waals surface area contributed by atoms with E-state index < -0.39 is 74.1 Å². The largest absolute Gasteiger partial charge is 0.394 e. The number of hydrogen-bond acceptors (Lipinski definition) is 12. The van der Waals surface area contributed by atoms with Crippen LogP contribution in [-0.4, -0.2) is 128 Å². The first-order valence-electron chi connectivity index (χ1n) is 8.55. The van der Waals surface area contributed by atoms with Gasteiger partial charge in [0.25, 0.3) is 0 Å². The number of ether oxygens (including phenoxy) is 4. The van der Waals surface area contributed by atoms with Crippen molar-refractivity contribution < 1.29 is 59.8 Å². The summed E-state index contributed by atoms with van der Waals surface area (Å²) in [5.74, 6) is -2.23. The molecule has 160 valence electrons. The highest BCUT2D eigenvalue weighted by molar-refractivity contribution is 4.98. The summed E-state index contributed by atoms with van der Waals surface area (Å²) in [6, 6.07) is 0. The number of hydrogen-bond donors (Lipinski definition) is 8. The van der Waals surface area contributed by atoms with Crippen molar-refractivity contribution in [2.45, 2.75) is 67.8 Å². The lowest BCUT2D eigenvalue weighted by Gasteiger charge is -2.43. The van der Waals surface area contributed by atoms with Gasteiger partial charge in [-0.1, -0.05) is 0 Å². The fourth-order valence-corrected chi connectivity index (χ4v) is 2.97. The van der Waals surface area contributed by atoms with Gasteiger partial charge in [-0.15, -0.1) is 0 Å². The standard InChI is InChI=1S/C15H28O12/c1-6(18)3-24-4-8-9(19)11(21)12(22)14(25-8)27-15(5-17)13(23)10(20)7(2-16)26-15/h6-14,16-23H,2-5H2,1H3/t6?,7-,8-,9-,10-,11+,12-,13+,14-,15+/m1/s1. The van der Waals surface area contributed by atoms with Crippen LogP contribution in [0.25, 0.3) is 0 Å². The first-order chi connectivity index (χ1) is 12.7. The molecule has 2 heterocycles. The Bertz CT molecular complexity index is 464. The van der Waals surface area contributed by atoms with Crippen molar-refractivity contribution in [3.8, 4) is 0 Å². The van der Waals surface area contributed by atoms with Crippen molar-refractivity contribution in [2.75, 3.05) is 26.4 Å². The summed E-state index contributed by atoms with van der Waals surface area (Å²) in [7, 11) is 0. The molecule has 0 radical (unpaired) electrons. The van der Waals surface area contributed by atoms with E-state index in [2.05, 4.69) is 0 Å². The van der Waals surface area contributed by atoms with Gasteiger partial charge in [-0.2, -0.15) is 0 Å². The molecule has 0 saturated carbocycles. The average Bonchev–Trinajstić information content (AvgIpc) is 2.88. The van der Waals surface area contributed by atoms with E-state index in [9.17, 15) is 40.9 Å². The second-order valence-electron chi connectivity index (χ2n) is 6.76. The van der Waals surface area contributed by atoms with Crippen LogP contribution in [0, 0.1) is 0 Å². The van der Waals surface area contributed by atoms with Crippen molar-refractivity contribution in [1.29, 1.82) is 0 Å². The second-order valence-corrected chi connectivity index (χ2v) is 6.76. The molecule has 2 fully saturated rings. The van der Waals surface area contributed by atoms with E-state index in [0.717, 1.165) is 0 Å². The van der Waals surface area contributed by atoms with Crippen molar-refractivity contribution in [2.24, 2.45) is 0 Å². The lowest BCUT2D eigenvalue weighted by Crippen LogP contribution is -2.62. The number of aliphatic hydroxyl groups excluding tert-OH is 8. The molecule has 12 nitrogen and oxygen atoms in total. The molecular weight excluding hydrogens is 372 g/mol. The van der Waals surface area contributed by atoms with Crippen molar-refractivity contribution in [3.05, 3.63) is 0 Å². The minimum atomic E-state index is -2.23. The van der Waals surface area contributed by atoms with Crippen LogP contribution in [0.1, 0.15) is 6.92 Å². The zero-order chi connectivity index (χ0) is 20.4. The van der Waals surface area contributed by atoms with E-state index >= 15 is 0 Å². The normalized spacial score (nSPS) is 46.6. The fourth-order valence-electron chi connectivity index (χ4n) is 2.97. The third kappa shape index (κ3) is 4.75. The van der Waals surface area contributed by atoms with Crippen LogP contribution in [0.3, 0.4) is 0 Å². The predicted octanol–water partition coefficient (Wildman–Crippen LogP) is -4.99. The Labute approximate surface area is 155 Å². The summed E-state index contributed by atoms with van der Waals surface area (Å²) in [6.07, 6.45) is -13.3. The highest BCUT2D eigenvalue weighted by Crippen LogP contribution is 2.35. The molecule has 1 unspecified atom stereocenters. The lowest BCUT2D eigenvalue weighted by molar-refractivity contribution is -0.384. The van der Waals surface area contributed by atoms with Crippen LogP contribution in [0.2, 0.25) is 0 Å². The Kier molecular flexibility index (Phi) is 7.89. The monoisotopic (exact) mass is 400 g/mol. The summed E-state index contributed by atoms with van der Waals surface area (Å²) in [6.45, 7) is -0.475. The summed E-state index contributed by atoms with van der Waals surface area (Å²) in [4.78, 5) is 0. The van der Waals surface area contributed by atoms with Gasteiger partial charge in [0, 0.05) is 0 Å². The zero-order valence-electron chi connectivity index (χ0n) is 14.7. The maximum atomic E-state index is 10.1. The smallest absolute Gasteiger partial charge is 0.224 e. The molecule has 8 N–H and O–H groups in total. The number of aliphatic hydroxyl groups is 8. The number of rotatable bonds is 8. The topological polar surface area (TPSA) is 199 Å². The molecule has 0 aromatic carbocycles. The first-order valence-corrected chi connectivity index (χ1v) is 8.55. The maximum Gasteiger partial charge on any atom is 0.224 e. The average molecular weight is 400 g/mol. The molecule has 2 rings (SSSR count). The first kappa shape index (κ1) is 22.8. The van der Waals surface area contributed by atoms with Crippen LogP contribution >= 0.6 is 0 Å². The van der Waals surface area contributed by atoms with Gasteiger partial charge in [-0.25, -0.2) is 0 Å². The van der Waals surface area contributed by atoms with Gasteiger partial charge in [0.2, 0.25) is 5.79 Å². The van der Waals surface area contributed by atoms with Gasteiger partial charge in [0.1, 0.15) is 49.3 Å². The molecule has 10 atom stereocenters. The van der Waals surface area contributed by atoms with Crippen LogP contribution < -0.4 is 0 Å². The molecule has 12 heteroatoms. The van der Waals surface area contributed by atoms with Gasteiger partial charge < -0.3 is 59.8 Å². The summed E-state index contributed by atoms with van der Waals surface area (Å²) >= 11 is 0. The van der Waals surface area contributed by atoms with Crippen LogP contribution in [0.5, 0.6) is 0 Å². The summed E-state index contributed by atoms with van der Waals surface area (Å²) in [5.41, 5.74) is 0. The Morgan fingerprint density at radius 2 is 1.63 bits per heavy atom. The van der Waals surface area contributed by atoms with Crippen molar-refractivity contribution in [1.82, 2.24) is 0 Å². The predicted molar refractivity (Wildman–Crippen MR) is 84.1 cm³/mol. The molecule has 2 aliphatic heterocycles. The van der Waals surface area contributed by atoms with E-state index in [0.29, 0.717) is 0 Å².